The van der Waals surface area contributed by atoms with Gasteiger partial charge in [0.15, 0.2) is 0 Å². The van der Waals surface area contributed by atoms with E-state index >= 15 is 0 Å². The summed E-state index contributed by atoms with van der Waals surface area (Å²) in [7, 11) is 0. The van der Waals surface area contributed by atoms with Crippen LogP contribution >= 0.6 is 0 Å². The minimum Gasteiger partial charge on any atom is -0.390 e. The third-order valence-electron chi connectivity index (χ3n) is 2.04. The van der Waals surface area contributed by atoms with E-state index in [4.69, 9.17) is 5.11 Å². The molecule has 94 valence electrons. The molecule has 0 aliphatic carbocycles. The quantitative estimate of drug-likeness (QED) is 0.745. The Morgan fingerprint density at radius 1 is 1.06 bits per heavy atom. The minimum absolute atomic E-state index is 0.458. The predicted molar refractivity (Wildman–Crippen MR) is 73.9 cm³/mol. The van der Waals surface area contributed by atoms with E-state index in [9.17, 15) is 0 Å². The van der Waals surface area contributed by atoms with Crippen LogP contribution < -0.4 is 0 Å². The highest BCUT2D eigenvalue weighted by Crippen LogP contribution is 2.03. The number of rotatable bonds is 1. The second-order valence-electron chi connectivity index (χ2n) is 4.32. The van der Waals surface area contributed by atoms with Gasteiger partial charge in [-0.25, -0.2) is 0 Å². The van der Waals surface area contributed by atoms with Crippen molar-refractivity contribution in [1.29, 1.82) is 0 Å². The van der Waals surface area contributed by atoms with Crippen molar-refractivity contribution in [3.63, 3.8) is 0 Å². The molecule has 1 aromatic carbocycles. The summed E-state index contributed by atoms with van der Waals surface area (Å²) in [5.74, 6) is 0. The summed E-state index contributed by atoms with van der Waals surface area (Å²) < 4.78 is 0. The summed E-state index contributed by atoms with van der Waals surface area (Å²) in [6.07, 6.45) is 0.826. The van der Waals surface area contributed by atoms with Crippen molar-refractivity contribution in [1.82, 2.24) is 0 Å². The van der Waals surface area contributed by atoms with Gasteiger partial charge in [0, 0.05) is 0 Å². The molecular weight excluding hydrogens is 196 g/mol. The van der Waals surface area contributed by atoms with Crippen molar-refractivity contribution in [3.05, 3.63) is 35.4 Å². The number of benzene rings is 1. The predicted octanol–water partition coefficient (Wildman–Crippen LogP) is 4.50. The minimum atomic E-state index is -0.458. The number of aryl methyl sites for hydroxylation is 2. The van der Waals surface area contributed by atoms with Gasteiger partial charge in [-0.05, 0) is 34.1 Å². The fourth-order valence-corrected chi connectivity index (χ4v) is 0.807. The Morgan fingerprint density at radius 2 is 1.38 bits per heavy atom. The van der Waals surface area contributed by atoms with E-state index in [1.807, 2.05) is 20.8 Å². The number of aliphatic hydroxyl groups is 1. The third-order valence-corrected chi connectivity index (χ3v) is 2.04. The summed E-state index contributed by atoms with van der Waals surface area (Å²) in [4.78, 5) is 0. The second-order valence-corrected chi connectivity index (χ2v) is 4.32. The maximum absolute atomic E-state index is 8.83. The van der Waals surface area contributed by atoms with E-state index in [-0.39, 0.29) is 0 Å². The SMILES string of the molecule is CC.CCC(C)(C)O.Cc1cccc(C)c1. The topological polar surface area (TPSA) is 20.2 Å². The highest BCUT2D eigenvalue weighted by Gasteiger charge is 2.05. The van der Waals surface area contributed by atoms with Crippen LogP contribution in [0.15, 0.2) is 24.3 Å². The highest BCUT2D eigenvalue weighted by molar-refractivity contribution is 5.20. The summed E-state index contributed by atoms with van der Waals surface area (Å²) in [6.45, 7) is 13.8. The molecule has 1 aromatic rings. The molecule has 1 rings (SSSR count). The molecule has 0 bridgehead atoms. The Labute approximate surface area is 102 Å². The maximum Gasteiger partial charge on any atom is 0.0589 e. The first-order valence-corrected chi connectivity index (χ1v) is 6.11. The van der Waals surface area contributed by atoms with Gasteiger partial charge in [-0.2, -0.15) is 0 Å². The van der Waals surface area contributed by atoms with Crippen molar-refractivity contribution >= 4 is 0 Å². The van der Waals surface area contributed by atoms with Gasteiger partial charge in [-0.3, -0.25) is 0 Å². The molecule has 1 N–H and O–H groups in total. The molecule has 16 heavy (non-hydrogen) atoms. The lowest BCUT2D eigenvalue weighted by Crippen LogP contribution is -2.15. The van der Waals surface area contributed by atoms with Gasteiger partial charge in [-0.1, -0.05) is 56.2 Å². The Morgan fingerprint density at radius 3 is 1.50 bits per heavy atom. The van der Waals surface area contributed by atoms with Gasteiger partial charge in [0.25, 0.3) is 0 Å². The van der Waals surface area contributed by atoms with Crippen molar-refractivity contribution in [3.8, 4) is 0 Å². The third kappa shape index (κ3) is 13.2. The number of hydrogen-bond acceptors (Lipinski definition) is 1. The van der Waals surface area contributed by atoms with E-state index in [0.29, 0.717) is 0 Å². The Bertz CT molecular complexity index is 241. The Hall–Kier alpha value is -0.820. The van der Waals surface area contributed by atoms with Gasteiger partial charge >= 0.3 is 0 Å². The molecule has 0 saturated heterocycles. The van der Waals surface area contributed by atoms with Gasteiger partial charge in [-0.15, -0.1) is 0 Å². The molecule has 1 heteroatoms. The van der Waals surface area contributed by atoms with Crippen molar-refractivity contribution in [2.24, 2.45) is 0 Å². The van der Waals surface area contributed by atoms with E-state index in [1.54, 1.807) is 13.8 Å². The average Bonchev–Trinajstić information content (AvgIpc) is 2.20. The lowest BCUT2D eigenvalue weighted by Gasteiger charge is -2.11. The standard InChI is InChI=1S/C8H10.C5H12O.C2H6/c1-7-4-3-5-8(2)6-7;1-4-5(2,3)6;1-2/h3-6H,1-2H3;6H,4H2,1-3H3;1-2H3. The zero-order chi connectivity index (χ0) is 13.2. The lowest BCUT2D eigenvalue weighted by atomic mass is 10.1. The monoisotopic (exact) mass is 224 g/mol. The second kappa shape index (κ2) is 9.41. The van der Waals surface area contributed by atoms with Crippen LogP contribution in [0, 0.1) is 13.8 Å². The molecule has 0 spiro atoms. The normalized spacial score (nSPS) is 9.50. The zero-order valence-corrected chi connectivity index (χ0v) is 12.0. The summed E-state index contributed by atoms with van der Waals surface area (Å²) in [5.41, 5.74) is 2.22. The summed E-state index contributed by atoms with van der Waals surface area (Å²) in [6, 6.07) is 8.45. The summed E-state index contributed by atoms with van der Waals surface area (Å²) >= 11 is 0. The molecule has 0 amide bonds. The van der Waals surface area contributed by atoms with E-state index < -0.39 is 5.60 Å². The van der Waals surface area contributed by atoms with Crippen LogP contribution in [0.5, 0.6) is 0 Å². The maximum atomic E-state index is 8.83. The van der Waals surface area contributed by atoms with Crippen molar-refractivity contribution < 1.29 is 5.11 Å². The van der Waals surface area contributed by atoms with Crippen molar-refractivity contribution in [2.75, 3.05) is 0 Å². The van der Waals surface area contributed by atoms with Crippen LogP contribution in [-0.4, -0.2) is 10.7 Å². The largest absolute Gasteiger partial charge is 0.390 e. The average molecular weight is 224 g/mol. The van der Waals surface area contributed by atoms with Crippen LogP contribution in [0.3, 0.4) is 0 Å². The molecule has 1 nitrogen and oxygen atoms in total. The van der Waals surface area contributed by atoms with Crippen LogP contribution in [-0.2, 0) is 0 Å². The molecule has 0 aromatic heterocycles. The molecule has 0 aliphatic heterocycles. The molecule has 0 unspecified atom stereocenters. The molecule has 0 atom stereocenters. The lowest BCUT2D eigenvalue weighted by molar-refractivity contribution is 0.0765. The number of hydrogen-bond donors (Lipinski definition) is 1. The van der Waals surface area contributed by atoms with Gasteiger partial charge in [0.05, 0.1) is 5.60 Å². The van der Waals surface area contributed by atoms with Crippen LogP contribution in [0.1, 0.15) is 52.2 Å². The van der Waals surface area contributed by atoms with E-state index in [0.717, 1.165) is 6.42 Å². The van der Waals surface area contributed by atoms with Crippen LogP contribution in [0.2, 0.25) is 0 Å². The fraction of sp³-hybridized carbons (Fsp3) is 0.600. The molecule has 0 radical (unpaired) electrons. The fourth-order valence-electron chi connectivity index (χ4n) is 0.807. The molecular formula is C15H28O. The van der Waals surface area contributed by atoms with E-state index in [1.165, 1.54) is 11.1 Å². The first-order valence-electron chi connectivity index (χ1n) is 6.11. The van der Waals surface area contributed by atoms with Gasteiger partial charge < -0.3 is 5.11 Å². The zero-order valence-electron chi connectivity index (χ0n) is 12.0. The Balaban J connectivity index is 0. The van der Waals surface area contributed by atoms with Crippen molar-refractivity contribution in [2.45, 2.75) is 60.5 Å². The highest BCUT2D eigenvalue weighted by atomic mass is 16.3. The van der Waals surface area contributed by atoms with Crippen LogP contribution in [0.25, 0.3) is 0 Å². The first kappa shape index (κ1) is 17.6. The molecule has 0 fully saturated rings. The molecule has 0 heterocycles. The first-order chi connectivity index (χ1) is 7.35. The molecule has 0 aliphatic rings. The van der Waals surface area contributed by atoms with Gasteiger partial charge in [0.2, 0.25) is 0 Å². The van der Waals surface area contributed by atoms with Crippen LogP contribution in [0.4, 0.5) is 0 Å². The Kier molecular flexibility index (Phi) is 10.3. The smallest absolute Gasteiger partial charge is 0.0589 e. The molecule has 0 saturated carbocycles. The van der Waals surface area contributed by atoms with Gasteiger partial charge in [0.1, 0.15) is 0 Å². The summed E-state index contributed by atoms with van der Waals surface area (Å²) in [5, 5.41) is 8.83. The van der Waals surface area contributed by atoms with E-state index in [2.05, 4.69) is 38.1 Å².